The molecule has 110 valence electrons. The van der Waals surface area contributed by atoms with Gasteiger partial charge >= 0.3 is 0 Å². The lowest BCUT2D eigenvalue weighted by Crippen LogP contribution is -2.11. The number of aryl methyl sites for hydroxylation is 1. The van der Waals surface area contributed by atoms with Crippen LogP contribution in [-0.4, -0.2) is 22.4 Å². The first-order chi connectivity index (χ1) is 10.1. The Labute approximate surface area is 132 Å². The molecule has 0 atom stereocenters. The number of benzene rings is 1. The van der Waals surface area contributed by atoms with E-state index in [2.05, 4.69) is 10.3 Å². The van der Waals surface area contributed by atoms with Crippen molar-refractivity contribution in [1.82, 2.24) is 4.98 Å². The first-order valence-corrected chi connectivity index (χ1v) is 8.32. The van der Waals surface area contributed by atoms with Gasteiger partial charge in [0.15, 0.2) is 10.9 Å². The summed E-state index contributed by atoms with van der Waals surface area (Å²) in [5.74, 6) is 0.604. The van der Waals surface area contributed by atoms with Crippen molar-refractivity contribution in [2.75, 3.05) is 11.1 Å². The molecule has 2 rings (SSSR count). The molecule has 21 heavy (non-hydrogen) atoms. The maximum atomic E-state index is 11.9. The highest BCUT2D eigenvalue weighted by Crippen LogP contribution is 2.23. The molecule has 0 unspecified atom stereocenters. The van der Waals surface area contributed by atoms with Crippen molar-refractivity contribution in [2.24, 2.45) is 0 Å². The molecule has 0 saturated heterocycles. The molecule has 6 heteroatoms. The van der Waals surface area contributed by atoms with Gasteiger partial charge in [0.1, 0.15) is 0 Å². The van der Waals surface area contributed by atoms with Gasteiger partial charge in [0.25, 0.3) is 0 Å². The van der Waals surface area contributed by atoms with Crippen molar-refractivity contribution in [3.05, 3.63) is 40.9 Å². The Kier molecular flexibility index (Phi) is 5.52. The number of rotatable bonds is 6. The van der Waals surface area contributed by atoms with E-state index in [0.717, 1.165) is 4.90 Å². The number of ketones is 1. The minimum absolute atomic E-state index is 0.0230. The second kappa shape index (κ2) is 7.38. The molecular weight excluding hydrogens is 304 g/mol. The topological polar surface area (TPSA) is 59.1 Å². The molecule has 0 aliphatic carbocycles. The number of nitrogens with zero attached hydrogens (tertiary/aromatic N) is 1. The number of thiazole rings is 1. The van der Waals surface area contributed by atoms with Gasteiger partial charge in [-0.3, -0.25) is 9.59 Å². The molecule has 0 radical (unpaired) electrons. The van der Waals surface area contributed by atoms with Gasteiger partial charge in [0.05, 0.1) is 10.6 Å². The number of Topliss-reactive ketones (excluding diaryl/α,β-unsaturated/α-hetero) is 1. The summed E-state index contributed by atoms with van der Waals surface area (Å²) in [4.78, 5) is 29.1. The zero-order valence-corrected chi connectivity index (χ0v) is 13.5. The highest BCUT2D eigenvalue weighted by Gasteiger charge is 2.13. The number of amides is 1. The van der Waals surface area contributed by atoms with Crippen LogP contribution in [0.15, 0.2) is 35.2 Å². The fourth-order valence-corrected chi connectivity index (χ4v) is 3.49. The zero-order valence-electron chi connectivity index (χ0n) is 11.9. The standard InChI is InChI=1S/C15H16N2O2S2/c1-10-14(11(2)18)21-15(16-10)17-13(19)8-9-20-12-6-4-3-5-7-12/h3-7H,8-9H2,1-2H3,(H,16,17,19). The van der Waals surface area contributed by atoms with Crippen LogP contribution in [0, 0.1) is 6.92 Å². The summed E-state index contributed by atoms with van der Waals surface area (Å²) in [6.07, 6.45) is 0.410. The van der Waals surface area contributed by atoms with Gasteiger partial charge in [0.2, 0.25) is 5.91 Å². The predicted molar refractivity (Wildman–Crippen MR) is 87.3 cm³/mol. The minimum atomic E-state index is -0.0812. The van der Waals surface area contributed by atoms with Crippen molar-refractivity contribution in [2.45, 2.75) is 25.2 Å². The second-order valence-corrected chi connectivity index (χ2v) is 6.62. The van der Waals surface area contributed by atoms with Crippen molar-refractivity contribution in [1.29, 1.82) is 0 Å². The Bertz CT molecular complexity index is 638. The van der Waals surface area contributed by atoms with Crippen LogP contribution >= 0.6 is 23.1 Å². The summed E-state index contributed by atoms with van der Waals surface area (Å²) in [6.45, 7) is 3.27. The fraction of sp³-hybridized carbons (Fsp3) is 0.267. The first-order valence-electron chi connectivity index (χ1n) is 6.52. The van der Waals surface area contributed by atoms with E-state index < -0.39 is 0 Å². The molecule has 0 saturated carbocycles. The van der Waals surface area contributed by atoms with Gasteiger partial charge in [-0.15, -0.1) is 11.8 Å². The molecule has 1 amide bonds. The smallest absolute Gasteiger partial charge is 0.226 e. The van der Waals surface area contributed by atoms with Crippen LogP contribution in [0.25, 0.3) is 0 Å². The number of anilines is 1. The summed E-state index contributed by atoms with van der Waals surface area (Å²) in [5.41, 5.74) is 0.668. The van der Waals surface area contributed by atoms with Crippen molar-refractivity contribution in [3.63, 3.8) is 0 Å². The van der Waals surface area contributed by atoms with Crippen molar-refractivity contribution >= 4 is 39.9 Å². The maximum absolute atomic E-state index is 11.9. The van der Waals surface area contributed by atoms with Gasteiger partial charge in [-0.25, -0.2) is 4.98 Å². The lowest BCUT2D eigenvalue weighted by Gasteiger charge is -2.02. The number of aromatic nitrogens is 1. The van der Waals surface area contributed by atoms with Crippen LogP contribution in [0.4, 0.5) is 5.13 Å². The van der Waals surface area contributed by atoms with Gasteiger partial charge in [0, 0.05) is 24.0 Å². The quantitative estimate of drug-likeness (QED) is 0.650. The summed E-state index contributed by atoms with van der Waals surface area (Å²) in [5, 5.41) is 3.24. The molecule has 0 aliphatic heterocycles. The number of carbonyl (C=O) groups excluding carboxylic acids is 2. The van der Waals surface area contributed by atoms with E-state index in [9.17, 15) is 9.59 Å². The highest BCUT2D eigenvalue weighted by atomic mass is 32.2. The molecule has 1 N–H and O–H groups in total. The van der Waals surface area contributed by atoms with E-state index in [1.165, 1.54) is 18.3 Å². The Hall–Kier alpha value is -1.66. The summed E-state index contributed by atoms with van der Waals surface area (Å²) < 4.78 is 0. The highest BCUT2D eigenvalue weighted by molar-refractivity contribution is 7.99. The SMILES string of the molecule is CC(=O)c1sc(NC(=O)CCSc2ccccc2)nc1C. The van der Waals surface area contributed by atoms with E-state index in [1.807, 2.05) is 30.3 Å². The maximum Gasteiger partial charge on any atom is 0.226 e. The number of carbonyl (C=O) groups is 2. The van der Waals surface area contributed by atoms with Crippen LogP contribution < -0.4 is 5.32 Å². The molecule has 1 heterocycles. The van der Waals surface area contributed by atoms with Gasteiger partial charge in [-0.1, -0.05) is 29.5 Å². The fourth-order valence-electron chi connectivity index (χ4n) is 1.74. The lowest BCUT2D eigenvalue weighted by molar-refractivity contribution is -0.115. The van der Waals surface area contributed by atoms with Gasteiger partial charge in [-0.2, -0.15) is 0 Å². The minimum Gasteiger partial charge on any atom is -0.302 e. The van der Waals surface area contributed by atoms with Crippen LogP contribution in [0.1, 0.15) is 28.7 Å². The molecular formula is C15H16N2O2S2. The summed E-state index contributed by atoms with van der Waals surface area (Å²) >= 11 is 2.87. The van der Waals surface area contributed by atoms with Gasteiger partial charge in [-0.05, 0) is 19.1 Å². The molecule has 1 aromatic heterocycles. The molecule has 0 fully saturated rings. The number of hydrogen-bond acceptors (Lipinski definition) is 5. The third-order valence-corrected chi connectivity index (χ3v) is 4.89. The Morgan fingerprint density at radius 2 is 2.00 bits per heavy atom. The van der Waals surface area contributed by atoms with E-state index in [-0.39, 0.29) is 11.7 Å². The third kappa shape index (κ3) is 4.68. The van der Waals surface area contributed by atoms with Crippen LogP contribution in [-0.2, 0) is 4.79 Å². The van der Waals surface area contributed by atoms with E-state index in [4.69, 9.17) is 0 Å². The number of thioether (sulfide) groups is 1. The Balaban J connectivity index is 1.82. The average Bonchev–Trinajstić information content (AvgIpc) is 2.81. The lowest BCUT2D eigenvalue weighted by atomic mass is 10.3. The molecule has 1 aromatic carbocycles. The van der Waals surface area contributed by atoms with Crippen LogP contribution in [0.5, 0.6) is 0 Å². The number of nitrogens with one attached hydrogen (secondary N) is 1. The largest absolute Gasteiger partial charge is 0.302 e. The van der Waals surface area contributed by atoms with E-state index >= 15 is 0 Å². The Morgan fingerprint density at radius 1 is 1.29 bits per heavy atom. The van der Waals surface area contributed by atoms with Crippen LogP contribution in [0.3, 0.4) is 0 Å². The summed E-state index contributed by atoms with van der Waals surface area (Å²) in [7, 11) is 0. The Morgan fingerprint density at radius 3 is 2.62 bits per heavy atom. The molecule has 0 aliphatic rings. The molecule has 2 aromatic rings. The van der Waals surface area contributed by atoms with Crippen molar-refractivity contribution in [3.8, 4) is 0 Å². The zero-order chi connectivity index (χ0) is 15.2. The van der Waals surface area contributed by atoms with Gasteiger partial charge < -0.3 is 5.32 Å². The molecule has 4 nitrogen and oxygen atoms in total. The second-order valence-electron chi connectivity index (χ2n) is 4.45. The summed E-state index contributed by atoms with van der Waals surface area (Å²) in [6, 6.07) is 9.96. The van der Waals surface area contributed by atoms with E-state index in [1.54, 1.807) is 18.7 Å². The molecule has 0 spiro atoms. The van der Waals surface area contributed by atoms with E-state index in [0.29, 0.717) is 27.9 Å². The average molecular weight is 320 g/mol. The molecule has 0 bridgehead atoms. The van der Waals surface area contributed by atoms with Crippen LogP contribution in [0.2, 0.25) is 0 Å². The van der Waals surface area contributed by atoms with Crippen molar-refractivity contribution < 1.29 is 9.59 Å². The monoisotopic (exact) mass is 320 g/mol. The third-order valence-electron chi connectivity index (χ3n) is 2.70. The normalized spacial score (nSPS) is 10.4. The predicted octanol–water partition coefficient (Wildman–Crippen LogP) is 3.78. The number of hydrogen-bond donors (Lipinski definition) is 1. The first kappa shape index (κ1) is 15.7.